The van der Waals surface area contributed by atoms with Crippen molar-refractivity contribution in [2.45, 2.75) is 117 Å². The summed E-state index contributed by atoms with van der Waals surface area (Å²) in [4.78, 5) is 23.2. The zero-order valence-electron chi connectivity index (χ0n) is 18.6. The molecule has 0 aliphatic rings. The van der Waals surface area contributed by atoms with Gasteiger partial charge in [0.2, 0.25) is 5.91 Å². The van der Waals surface area contributed by atoms with Gasteiger partial charge in [-0.25, -0.2) is 4.79 Å². The van der Waals surface area contributed by atoms with Crippen molar-refractivity contribution in [3.8, 4) is 0 Å². The van der Waals surface area contributed by atoms with Gasteiger partial charge in [-0.1, -0.05) is 104 Å². The number of hydrogen-bond acceptors (Lipinski definition) is 3. The van der Waals surface area contributed by atoms with E-state index < -0.39 is 5.97 Å². The van der Waals surface area contributed by atoms with E-state index in [4.69, 9.17) is 4.74 Å². The maximum atomic E-state index is 11.7. The summed E-state index contributed by atoms with van der Waals surface area (Å²) in [6.45, 7) is 5.56. The van der Waals surface area contributed by atoms with Gasteiger partial charge >= 0.3 is 5.97 Å². The van der Waals surface area contributed by atoms with Crippen LogP contribution in [0.25, 0.3) is 0 Å². The lowest BCUT2D eigenvalue weighted by molar-refractivity contribution is -0.138. The normalized spacial score (nSPS) is 11.1. The van der Waals surface area contributed by atoms with Gasteiger partial charge < -0.3 is 10.1 Å². The summed E-state index contributed by atoms with van der Waals surface area (Å²) in [6.07, 6.45) is 22.3. The Hall–Kier alpha value is -1.32. The van der Waals surface area contributed by atoms with Crippen molar-refractivity contribution in [2.24, 2.45) is 0 Å². The van der Waals surface area contributed by atoms with Crippen LogP contribution in [0.2, 0.25) is 0 Å². The first-order valence-electron chi connectivity index (χ1n) is 11.8. The molecule has 0 aliphatic carbocycles. The van der Waals surface area contributed by atoms with Crippen LogP contribution in [0.4, 0.5) is 0 Å². The van der Waals surface area contributed by atoms with Crippen LogP contribution < -0.4 is 5.32 Å². The highest BCUT2D eigenvalue weighted by Crippen LogP contribution is 2.10. The van der Waals surface area contributed by atoms with E-state index in [0.717, 1.165) is 25.7 Å². The van der Waals surface area contributed by atoms with Gasteiger partial charge in [0.1, 0.15) is 0 Å². The van der Waals surface area contributed by atoms with Crippen LogP contribution in [0, 0.1) is 0 Å². The number of rotatable bonds is 20. The Labute approximate surface area is 173 Å². The monoisotopic (exact) mass is 395 g/mol. The zero-order chi connectivity index (χ0) is 20.7. The Morgan fingerprint density at radius 2 is 1.11 bits per heavy atom. The molecule has 0 aromatic rings. The fraction of sp³-hybridized carbons (Fsp3) is 0.833. The second kappa shape index (κ2) is 22.0. The van der Waals surface area contributed by atoms with Crippen LogP contribution >= 0.6 is 0 Å². The third-order valence-electron chi connectivity index (χ3n) is 4.94. The van der Waals surface area contributed by atoms with Crippen LogP contribution in [0.15, 0.2) is 12.2 Å². The first-order valence-corrected chi connectivity index (χ1v) is 11.8. The molecule has 164 valence electrons. The molecule has 0 heterocycles. The Morgan fingerprint density at radius 3 is 1.64 bits per heavy atom. The highest BCUT2D eigenvalue weighted by atomic mass is 16.5. The molecule has 0 rings (SSSR count). The first kappa shape index (κ1) is 26.7. The molecular weight excluding hydrogens is 350 g/mol. The molecule has 28 heavy (non-hydrogen) atoms. The minimum atomic E-state index is -0.428. The summed E-state index contributed by atoms with van der Waals surface area (Å²) in [5.41, 5.74) is 0. The van der Waals surface area contributed by atoms with Crippen LogP contribution in [-0.4, -0.2) is 25.0 Å². The Bertz CT molecular complexity index is 393. The fourth-order valence-electron chi connectivity index (χ4n) is 3.13. The molecule has 0 radical (unpaired) electrons. The lowest BCUT2D eigenvalue weighted by atomic mass is 10.1. The molecule has 0 bridgehead atoms. The van der Waals surface area contributed by atoms with E-state index >= 15 is 0 Å². The highest BCUT2D eigenvalue weighted by Gasteiger charge is 2.00. The summed E-state index contributed by atoms with van der Waals surface area (Å²) in [7, 11) is 0. The van der Waals surface area contributed by atoms with E-state index in [0.29, 0.717) is 13.2 Å². The van der Waals surface area contributed by atoms with Gasteiger partial charge in [-0.05, 0) is 12.8 Å². The van der Waals surface area contributed by atoms with Crippen molar-refractivity contribution in [1.29, 1.82) is 0 Å². The van der Waals surface area contributed by atoms with E-state index in [2.05, 4.69) is 19.2 Å². The highest BCUT2D eigenvalue weighted by molar-refractivity contribution is 5.94. The van der Waals surface area contributed by atoms with Crippen molar-refractivity contribution in [3.05, 3.63) is 12.2 Å². The predicted octanol–water partition coefficient (Wildman–Crippen LogP) is 6.48. The number of unbranched alkanes of at least 4 members (excludes halogenated alkanes) is 14. The number of carbonyl (C=O) groups is 2. The molecule has 0 saturated carbocycles. The summed E-state index contributed by atoms with van der Waals surface area (Å²) in [5, 5.41) is 2.83. The third-order valence-corrected chi connectivity index (χ3v) is 4.94. The summed E-state index contributed by atoms with van der Waals surface area (Å²) >= 11 is 0. The molecule has 0 aromatic heterocycles. The van der Waals surface area contributed by atoms with Gasteiger partial charge in [0.25, 0.3) is 0 Å². The maximum Gasteiger partial charge on any atom is 0.330 e. The third kappa shape index (κ3) is 21.0. The largest absolute Gasteiger partial charge is 0.463 e. The lowest BCUT2D eigenvalue weighted by Gasteiger charge is -2.04. The second-order valence-corrected chi connectivity index (χ2v) is 7.74. The quantitative estimate of drug-likeness (QED) is 0.146. The lowest BCUT2D eigenvalue weighted by Crippen LogP contribution is -2.22. The van der Waals surface area contributed by atoms with Crippen LogP contribution in [-0.2, 0) is 14.3 Å². The van der Waals surface area contributed by atoms with E-state index in [1.807, 2.05) is 0 Å². The molecular formula is C24H45NO3. The Morgan fingerprint density at radius 1 is 0.643 bits per heavy atom. The van der Waals surface area contributed by atoms with Crippen molar-refractivity contribution in [1.82, 2.24) is 5.32 Å². The molecule has 4 heteroatoms. The molecule has 1 amide bonds. The number of hydrogen-bond donors (Lipinski definition) is 1. The van der Waals surface area contributed by atoms with Crippen molar-refractivity contribution < 1.29 is 14.3 Å². The fourth-order valence-corrected chi connectivity index (χ4v) is 3.13. The van der Waals surface area contributed by atoms with Crippen LogP contribution in [0.5, 0.6) is 0 Å². The van der Waals surface area contributed by atoms with Crippen molar-refractivity contribution in [3.63, 3.8) is 0 Å². The van der Waals surface area contributed by atoms with Crippen LogP contribution in [0.1, 0.15) is 117 Å². The van der Waals surface area contributed by atoms with Gasteiger partial charge in [0.15, 0.2) is 0 Å². The SMILES string of the molecule is CCCCCCCCCCCCNC(=O)/C=C/C(=O)OCCCCCCCC. The van der Waals surface area contributed by atoms with Crippen LogP contribution in [0.3, 0.4) is 0 Å². The number of amides is 1. The van der Waals surface area contributed by atoms with Gasteiger partial charge in [-0.3, -0.25) is 4.79 Å². The maximum absolute atomic E-state index is 11.7. The number of ether oxygens (including phenoxy) is 1. The molecule has 4 nitrogen and oxygen atoms in total. The van der Waals surface area contributed by atoms with E-state index in [9.17, 15) is 9.59 Å². The Balaban J connectivity index is 3.41. The molecule has 0 aromatic carbocycles. The standard InChI is InChI=1S/C24H45NO3/c1-3-5-7-9-11-12-13-14-15-17-21-25-23(26)19-20-24(27)28-22-18-16-10-8-6-4-2/h19-20H,3-18,21-22H2,1-2H3,(H,25,26)/b20-19+. The summed E-state index contributed by atoms with van der Waals surface area (Å²) in [5.74, 6) is -0.643. The molecule has 0 unspecified atom stereocenters. The molecule has 1 N–H and O–H groups in total. The molecule has 0 spiro atoms. The van der Waals surface area contributed by atoms with Crippen molar-refractivity contribution in [2.75, 3.05) is 13.2 Å². The zero-order valence-corrected chi connectivity index (χ0v) is 18.6. The van der Waals surface area contributed by atoms with E-state index in [-0.39, 0.29) is 5.91 Å². The molecule has 0 saturated heterocycles. The molecule has 0 atom stereocenters. The smallest absolute Gasteiger partial charge is 0.330 e. The summed E-state index contributed by atoms with van der Waals surface area (Å²) < 4.78 is 5.10. The molecule has 0 fully saturated rings. The van der Waals surface area contributed by atoms with E-state index in [1.54, 1.807) is 0 Å². The molecule has 0 aliphatic heterocycles. The van der Waals surface area contributed by atoms with Gasteiger partial charge in [0, 0.05) is 18.7 Å². The van der Waals surface area contributed by atoms with Gasteiger partial charge in [-0.15, -0.1) is 0 Å². The minimum absolute atomic E-state index is 0.215. The first-order chi connectivity index (χ1) is 13.7. The summed E-state index contributed by atoms with van der Waals surface area (Å²) in [6, 6.07) is 0. The average molecular weight is 396 g/mol. The topological polar surface area (TPSA) is 55.4 Å². The number of esters is 1. The number of nitrogens with one attached hydrogen (secondary N) is 1. The van der Waals surface area contributed by atoms with Gasteiger partial charge in [-0.2, -0.15) is 0 Å². The van der Waals surface area contributed by atoms with E-state index in [1.165, 1.54) is 89.2 Å². The average Bonchev–Trinajstić information content (AvgIpc) is 2.69. The Kier molecular flexibility index (Phi) is 20.9. The van der Waals surface area contributed by atoms with Gasteiger partial charge in [0.05, 0.1) is 6.61 Å². The minimum Gasteiger partial charge on any atom is -0.463 e. The van der Waals surface area contributed by atoms with Crippen molar-refractivity contribution >= 4 is 11.9 Å². The number of carbonyl (C=O) groups excluding carboxylic acids is 2. The predicted molar refractivity (Wildman–Crippen MR) is 118 cm³/mol. The second-order valence-electron chi connectivity index (χ2n) is 7.74.